The number of anilines is 2. The molecule has 92 valence electrons. The number of hydrogen-bond acceptors (Lipinski definition) is 4. The summed E-state index contributed by atoms with van der Waals surface area (Å²) in [6, 6.07) is 5.68. The normalized spacial score (nSPS) is 10.1. The molecule has 3 N–H and O–H groups in total. The maximum Gasteiger partial charge on any atom is 0.159 e. The third-order valence-electron chi connectivity index (χ3n) is 2.31. The monoisotopic (exact) mass is 278 g/mol. The molecule has 0 bridgehead atoms. The van der Waals surface area contributed by atoms with Crippen molar-refractivity contribution >= 4 is 40.3 Å². The SMILES string of the molecule is Cc1ccc(Nc2nccnc2C(N)=S)c(Cl)c1. The first kappa shape index (κ1) is 12.7. The smallest absolute Gasteiger partial charge is 0.159 e. The Morgan fingerprint density at radius 3 is 2.72 bits per heavy atom. The molecule has 18 heavy (non-hydrogen) atoms. The summed E-state index contributed by atoms with van der Waals surface area (Å²) in [4.78, 5) is 8.44. The van der Waals surface area contributed by atoms with Crippen LogP contribution in [0.2, 0.25) is 5.02 Å². The van der Waals surface area contributed by atoms with Crippen molar-refractivity contribution in [1.82, 2.24) is 9.97 Å². The van der Waals surface area contributed by atoms with Crippen LogP contribution in [0.15, 0.2) is 30.6 Å². The van der Waals surface area contributed by atoms with Crippen molar-refractivity contribution in [2.75, 3.05) is 5.32 Å². The number of aromatic nitrogens is 2. The fourth-order valence-corrected chi connectivity index (χ4v) is 1.89. The Morgan fingerprint density at radius 2 is 2.06 bits per heavy atom. The molecule has 1 heterocycles. The fraction of sp³-hybridized carbons (Fsp3) is 0.0833. The molecule has 6 heteroatoms. The van der Waals surface area contributed by atoms with Gasteiger partial charge in [0.1, 0.15) is 10.7 Å². The van der Waals surface area contributed by atoms with E-state index in [2.05, 4.69) is 15.3 Å². The second-order valence-electron chi connectivity index (χ2n) is 3.73. The van der Waals surface area contributed by atoms with Crippen LogP contribution in [0.5, 0.6) is 0 Å². The molecule has 0 saturated carbocycles. The van der Waals surface area contributed by atoms with Crippen LogP contribution >= 0.6 is 23.8 Å². The van der Waals surface area contributed by atoms with E-state index >= 15 is 0 Å². The summed E-state index contributed by atoms with van der Waals surface area (Å²) in [5, 5.41) is 3.68. The summed E-state index contributed by atoms with van der Waals surface area (Å²) in [6.07, 6.45) is 3.10. The van der Waals surface area contributed by atoms with Crippen LogP contribution in [-0.4, -0.2) is 15.0 Å². The third kappa shape index (κ3) is 2.75. The fourth-order valence-electron chi connectivity index (χ4n) is 1.46. The molecule has 0 aliphatic heterocycles. The van der Waals surface area contributed by atoms with Crippen molar-refractivity contribution in [3.8, 4) is 0 Å². The Balaban J connectivity index is 2.37. The van der Waals surface area contributed by atoms with Crippen LogP contribution in [0.25, 0.3) is 0 Å². The van der Waals surface area contributed by atoms with E-state index in [1.807, 2.05) is 25.1 Å². The molecular weight excluding hydrogens is 268 g/mol. The van der Waals surface area contributed by atoms with Gasteiger partial charge >= 0.3 is 0 Å². The number of rotatable bonds is 3. The molecule has 2 aromatic rings. The van der Waals surface area contributed by atoms with Gasteiger partial charge in [-0.25, -0.2) is 9.97 Å². The Morgan fingerprint density at radius 1 is 1.33 bits per heavy atom. The highest BCUT2D eigenvalue weighted by Crippen LogP contribution is 2.26. The van der Waals surface area contributed by atoms with E-state index in [1.54, 1.807) is 6.20 Å². The highest BCUT2D eigenvalue weighted by atomic mass is 35.5. The average molecular weight is 279 g/mol. The number of halogens is 1. The molecule has 0 unspecified atom stereocenters. The second kappa shape index (κ2) is 5.29. The first-order chi connectivity index (χ1) is 8.58. The number of nitrogens with two attached hydrogens (primary N) is 1. The van der Waals surface area contributed by atoms with Crippen molar-refractivity contribution in [2.24, 2.45) is 5.73 Å². The van der Waals surface area contributed by atoms with Crippen LogP contribution in [-0.2, 0) is 0 Å². The summed E-state index contributed by atoms with van der Waals surface area (Å²) < 4.78 is 0. The minimum Gasteiger partial charge on any atom is -0.388 e. The standard InChI is InChI=1S/C12H11ClN4S/c1-7-2-3-9(8(13)6-7)17-12-10(11(14)18)15-4-5-16-12/h2-6H,1H3,(H2,14,18)(H,16,17). The number of thiocarbonyl (C=S) groups is 1. The summed E-state index contributed by atoms with van der Waals surface area (Å²) in [5.41, 5.74) is 7.85. The Hall–Kier alpha value is -1.72. The topological polar surface area (TPSA) is 63.8 Å². The molecule has 0 saturated heterocycles. The van der Waals surface area contributed by atoms with E-state index in [0.29, 0.717) is 16.5 Å². The van der Waals surface area contributed by atoms with Crippen LogP contribution < -0.4 is 11.1 Å². The summed E-state index contributed by atoms with van der Waals surface area (Å²) >= 11 is 11.1. The van der Waals surface area contributed by atoms with Crippen molar-refractivity contribution in [3.63, 3.8) is 0 Å². The lowest BCUT2D eigenvalue weighted by atomic mass is 10.2. The molecule has 0 aliphatic carbocycles. The van der Waals surface area contributed by atoms with Gasteiger partial charge in [-0.3, -0.25) is 0 Å². The molecule has 0 amide bonds. The number of nitrogens with zero attached hydrogens (tertiary/aromatic N) is 2. The molecule has 2 rings (SSSR count). The quantitative estimate of drug-likeness (QED) is 0.845. The van der Waals surface area contributed by atoms with Crippen molar-refractivity contribution in [3.05, 3.63) is 46.9 Å². The zero-order valence-electron chi connectivity index (χ0n) is 9.64. The first-order valence-corrected chi connectivity index (χ1v) is 6.00. The third-order valence-corrected chi connectivity index (χ3v) is 2.82. The van der Waals surface area contributed by atoms with Crippen molar-refractivity contribution < 1.29 is 0 Å². The molecule has 1 aromatic carbocycles. The largest absolute Gasteiger partial charge is 0.388 e. The number of hydrogen-bond donors (Lipinski definition) is 2. The minimum atomic E-state index is 0.189. The van der Waals surface area contributed by atoms with Crippen LogP contribution in [0, 0.1) is 6.92 Å². The van der Waals surface area contributed by atoms with Gasteiger partial charge in [0.25, 0.3) is 0 Å². The van der Waals surface area contributed by atoms with Gasteiger partial charge in [0.15, 0.2) is 5.82 Å². The summed E-state index contributed by atoms with van der Waals surface area (Å²) in [7, 11) is 0. The highest BCUT2D eigenvalue weighted by molar-refractivity contribution is 7.80. The Bertz CT molecular complexity index is 600. The molecular formula is C12H11ClN4S. The Kier molecular flexibility index (Phi) is 3.74. The zero-order chi connectivity index (χ0) is 13.1. The zero-order valence-corrected chi connectivity index (χ0v) is 11.2. The number of aryl methyl sites for hydroxylation is 1. The van der Waals surface area contributed by atoms with Crippen LogP contribution in [0.4, 0.5) is 11.5 Å². The molecule has 0 atom stereocenters. The predicted molar refractivity (Wildman–Crippen MR) is 77.4 cm³/mol. The second-order valence-corrected chi connectivity index (χ2v) is 4.57. The predicted octanol–water partition coefficient (Wildman–Crippen LogP) is 2.82. The lowest BCUT2D eigenvalue weighted by Crippen LogP contribution is -2.15. The lowest BCUT2D eigenvalue weighted by Gasteiger charge is -2.10. The highest BCUT2D eigenvalue weighted by Gasteiger charge is 2.09. The van der Waals surface area contributed by atoms with Crippen LogP contribution in [0.1, 0.15) is 11.3 Å². The van der Waals surface area contributed by atoms with E-state index in [9.17, 15) is 0 Å². The van der Waals surface area contributed by atoms with Gasteiger partial charge in [0, 0.05) is 12.4 Å². The van der Waals surface area contributed by atoms with Gasteiger partial charge in [-0.15, -0.1) is 0 Å². The van der Waals surface area contributed by atoms with Gasteiger partial charge in [0.2, 0.25) is 0 Å². The van der Waals surface area contributed by atoms with Gasteiger partial charge in [0.05, 0.1) is 10.7 Å². The number of benzene rings is 1. The summed E-state index contributed by atoms with van der Waals surface area (Å²) in [5.74, 6) is 0.496. The van der Waals surface area contributed by atoms with Crippen LogP contribution in [0.3, 0.4) is 0 Å². The first-order valence-electron chi connectivity index (χ1n) is 5.22. The minimum absolute atomic E-state index is 0.189. The van der Waals surface area contributed by atoms with Gasteiger partial charge in [-0.05, 0) is 24.6 Å². The van der Waals surface area contributed by atoms with Gasteiger partial charge in [-0.1, -0.05) is 29.9 Å². The van der Waals surface area contributed by atoms with Crippen molar-refractivity contribution in [1.29, 1.82) is 0 Å². The van der Waals surface area contributed by atoms with Crippen molar-refractivity contribution in [2.45, 2.75) is 6.92 Å². The van der Waals surface area contributed by atoms with E-state index < -0.39 is 0 Å². The van der Waals surface area contributed by atoms with Gasteiger partial charge < -0.3 is 11.1 Å². The van der Waals surface area contributed by atoms with E-state index in [0.717, 1.165) is 11.3 Å². The van der Waals surface area contributed by atoms with Gasteiger partial charge in [-0.2, -0.15) is 0 Å². The summed E-state index contributed by atoms with van der Waals surface area (Å²) in [6.45, 7) is 1.97. The maximum atomic E-state index is 6.14. The van der Waals surface area contributed by atoms with E-state index in [1.165, 1.54) is 6.20 Å². The molecule has 1 aromatic heterocycles. The maximum absolute atomic E-state index is 6.14. The average Bonchev–Trinajstić information content (AvgIpc) is 2.33. The molecule has 0 spiro atoms. The van der Waals surface area contributed by atoms with E-state index in [4.69, 9.17) is 29.6 Å². The lowest BCUT2D eigenvalue weighted by molar-refractivity contribution is 1.18. The molecule has 0 radical (unpaired) electrons. The molecule has 0 fully saturated rings. The van der Waals surface area contributed by atoms with E-state index in [-0.39, 0.29) is 4.99 Å². The molecule has 0 aliphatic rings. The Labute approximate surface area is 115 Å². The number of nitrogens with one attached hydrogen (secondary N) is 1. The molecule has 4 nitrogen and oxygen atoms in total.